The highest BCUT2D eigenvalue weighted by Crippen LogP contribution is 1.99. The molecule has 0 unspecified atom stereocenters. The van der Waals surface area contributed by atoms with E-state index in [1.165, 1.54) is 18.9 Å². The summed E-state index contributed by atoms with van der Waals surface area (Å²) in [6, 6.07) is 0. The maximum atomic E-state index is 9.00. The van der Waals surface area contributed by atoms with Crippen LogP contribution in [0.4, 0.5) is 0 Å². The maximum absolute atomic E-state index is 9.00. The van der Waals surface area contributed by atoms with E-state index in [-0.39, 0.29) is 0 Å². The van der Waals surface area contributed by atoms with Crippen molar-refractivity contribution in [3.8, 4) is 0 Å². The monoisotopic (exact) mass is 238 g/mol. The smallest absolute Gasteiger partial charge is 0.207 e. The van der Waals surface area contributed by atoms with Gasteiger partial charge in [0, 0.05) is 0 Å². The Bertz CT molecular complexity index is 286. The van der Waals surface area contributed by atoms with E-state index in [1.54, 1.807) is 12.2 Å². The Morgan fingerprint density at radius 3 is 2.12 bits per heavy atom. The third-order valence-electron chi connectivity index (χ3n) is 2.01. The fourth-order valence-electron chi connectivity index (χ4n) is 1.02. The minimum Gasteiger partial charge on any atom is -0.390 e. The van der Waals surface area contributed by atoms with Crippen LogP contribution in [0, 0.1) is 0 Å². The highest BCUT2D eigenvalue weighted by Gasteiger charge is 2.15. The van der Waals surface area contributed by atoms with Crippen molar-refractivity contribution in [2.24, 2.45) is 0 Å². The molecule has 0 aliphatic carbocycles. The van der Waals surface area contributed by atoms with E-state index >= 15 is 0 Å². The van der Waals surface area contributed by atoms with Gasteiger partial charge in [-0.1, -0.05) is 62.3 Å². The van der Waals surface area contributed by atoms with Crippen molar-refractivity contribution in [3.63, 3.8) is 0 Å². The molecule has 0 aliphatic heterocycles. The SMILES string of the molecule is CCCCC=CC=CC=CC=CC(O)(O)CO. The lowest BCUT2D eigenvalue weighted by molar-refractivity contribution is -0.146. The van der Waals surface area contributed by atoms with Gasteiger partial charge in [-0.05, 0) is 12.5 Å². The molecule has 0 saturated heterocycles. The largest absolute Gasteiger partial charge is 0.390 e. The van der Waals surface area contributed by atoms with Crippen LogP contribution in [0.25, 0.3) is 0 Å². The number of rotatable bonds is 8. The zero-order valence-electron chi connectivity index (χ0n) is 10.3. The number of aliphatic hydroxyl groups is 3. The first-order chi connectivity index (χ1) is 8.12. The highest BCUT2D eigenvalue weighted by atomic mass is 16.5. The van der Waals surface area contributed by atoms with Crippen LogP contribution in [0.1, 0.15) is 26.2 Å². The lowest BCUT2D eigenvalue weighted by Gasteiger charge is -2.11. The van der Waals surface area contributed by atoms with Gasteiger partial charge in [-0.2, -0.15) is 0 Å². The second-order valence-electron chi connectivity index (χ2n) is 3.74. The Labute approximate surface area is 103 Å². The predicted octanol–water partition coefficient (Wildman–Crippen LogP) is 2.07. The summed E-state index contributed by atoms with van der Waals surface area (Å²) in [6.07, 6.45) is 17.4. The van der Waals surface area contributed by atoms with E-state index in [0.717, 1.165) is 12.5 Å². The second kappa shape index (κ2) is 10.0. The summed E-state index contributed by atoms with van der Waals surface area (Å²) in [7, 11) is 0. The molecule has 0 aromatic heterocycles. The van der Waals surface area contributed by atoms with Crippen molar-refractivity contribution < 1.29 is 15.3 Å². The molecule has 0 atom stereocenters. The molecule has 3 heteroatoms. The van der Waals surface area contributed by atoms with Gasteiger partial charge in [0.05, 0.1) is 0 Å². The number of hydrogen-bond donors (Lipinski definition) is 3. The summed E-state index contributed by atoms with van der Waals surface area (Å²) in [5.41, 5.74) is 0. The van der Waals surface area contributed by atoms with Gasteiger partial charge in [-0.3, -0.25) is 0 Å². The predicted molar refractivity (Wildman–Crippen MR) is 70.3 cm³/mol. The van der Waals surface area contributed by atoms with E-state index in [1.807, 2.05) is 18.2 Å². The molecule has 0 aromatic carbocycles. The second-order valence-corrected chi connectivity index (χ2v) is 3.74. The molecular formula is C14H22O3. The van der Waals surface area contributed by atoms with Crippen LogP contribution in [0.15, 0.2) is 48.6 Å². The molecule has 0 aromatic rings. The molecule has 0 bridgehead atoms. The molecule has 3 nitrogen and oxygen atoms in total. The fourth-order valence-corrected chi connectivity index (χ4v) is 1.02. The van der Waals surface area contributed by atoms with Crippen LogP contribution >= 0.6 is 0 Å². The van der Waals surface area contributed by atoms with E-state index < -0.39 is 12.4 Å². The van der Waals surface area contributed by atoms with Gasteiger partial charge in [0.2, 0.25) is 5.79 Å². The molecule has 0 radical (unpaired) electrons. The molecule has 3 N–H and O–H groups in total. The van der Waals surface area contributed by atoms with Crippen LogP contribution in [0.3, 0.4) is 0 Å². The number of hydrogen-bond acceptors (Lipinski definition) is 3. The summed E-state index contributed by atoms with van der Waals surface area (Å²) in [5, 5.41) is 26.5. The van der Waals surface area contributed by atoms with Gasteiger partial charge in [0.1, 0.15) is 6.61 Å². The lowest BCUT2D eigenvalue weighted by Crippen LogP contribution is -2.29. The molecule has 0 rings (SSSR count). The Hall–Kier alpha value is -1.16. The minimum absolute atomic E-state index is 0.715. The van der Waals surface area contributed by atoms with Crippen molar-refractivity contribution in [1.82, 2.24) is 0 Å². The average Bonchev–Trinajstić information content (AvgIpc) is 2.31. The standard InChI is InChI=1S/C14H22O3/c1-2-3-4-5-6-7-8-9-10-11-12-14(16,17)13-15/h5-12,15-17H,2-4,13H2,1H3. The topological polar surface area (TPSA) is 60.7 Å². The molecular weight excluding hydrogens is 216 g/mol. The van der Waals surface area contributed by atoms with Gasteiger partial charge in [-0.25, -0.2) is 0 Å². The van der Waals surface area contributed by atoms with Crippen molar-refractivity contribution in [2.75, 3.05) is 6.61 Å². The van der Waals surface area contributed by atoms with E-state index in [9.17, 15) is 0 Å². The zero-order valence-corrected chi connectivity index (χ0v) is 10.3. The van der Waals surface area contributed by atoms with Crippen LogP contribution in [0.5, 0.6) is 0 Å². The minimum atomic E-state index is -2.13. The summed E-state index contributed by atoms with van der Waals surface area (Å²) < 4.78 is 0. The van der Waals surface area contributed by atoms with E-state index in [4.69, 9.17) is 15.3 Å². The lowest BCUT2D eigenvalue weighted by atomic mass is 10.2. The van der Waals surface area contributed by atoms with Gasteiger partial charge < -0.3 is 15.3 Å². The molecule has 96 valence electrons. The Balaban J connectivity index is 3.80. The van der Waals surface area contributed by atoms with Crippen molar-refractivity contribution in [1.29, 1.82) is 0 Å². The molecule has 0 fully saturated rings. The molecule has 17 heavy (non-hydrogen) atoms. The third-order valence-corrected chi connectivity index (χ3v) is 2.01. The normalized spacial score (nSPS) is 13.9. The summed E-state index contributed by atoms with van der Waals surface area (Å²) >= 11 is 0. The number of aliphatic hydroxyl groups excluding tert-OH is 1. The quantitative estimate of drug-likeness (QED) is 0.345. The van der Waals surface area contributed by atoms with Crippen molar-refractivity contribution in [2.45, 2.75) is 32.0 Å². The average molecular weight is 238 g/mol. The number of allylic oxidation sites excluding steroid dienone is 7. The van der Waals surface area contributed by atoms with Gasteiger partial charge in [-0.15, -0.1) is 0 Å². The number of unbranched alkanes of at least 4 members (excludes halogenated alkanes) is 2. The van der Waals surface area contributed by atoms with Crippen LogP contribution in [-0.2, 0) is 0 Å². The van der Waals surface area contributed by atoms with E-state index in [0.29, 0.717) is 0 Å². The first-order valence-electron chi connectivity index (χ1n) is 5.85. The van der Waals surface area contributed by atoms with Crippen LogP contribution in [-0.4, -0.2) is 27.7 Å². The fraction of sp³-hybridized carbons (Fsp3) is 0.429. The molecule has 0 amide bonds. The highest BCUT2D eigenvalue weighted by molar-refractivity contribution is 5.16. The molecule has 0 heterocycles. The van der Waals surface area contributed by atoms with E-state index in [2.05, 4.69) is 13.0 Å². The summed E-state index contributed by atoms with van der Waals surface area (Å²) in [5.74, 6) is -2.13. The van der Waals surface area contributed by atoms with Crippen LogP contribution in [0.2, 0.25) is 0 Å². The first kappa shape index (κ1) is 15.8. The van der Waals surface area contributed by atoms with Gasteiger partial charge in [0.25, 0.3) is 0 Å². The van der Waals surface area contributed by atoms with Crippen LogP contribution < -0.4 is 0 Å². The first-order valence-corrected chi connectivity index (χ1v) is 5.85. The third kappa shape index (κ3) is 11.1. The van der Waals surface area contributed by atoms with Crippen molar-refractivity contribution >= 4 is 0 Å². The van der Waals surface area contributed by atoms with Gasteiger partial charge in [0.15, 0.2) is 0 Å². The Morgan fingerprint density at radius 2 is 1.53 bits per heavy atom. The summed E-state index contributed by atoms with van der Waals surface area (Å²) in [4.78, 5) is 0. The molecule has 0 aliphatic rings. The Morgan fingerprint density at radius 1 is 0.941 bits per heavy atom. The maximum Gasteiger partial charge on any atom is 0.207 e. The molecule has 0 saturated carbocycles. The zero-order chi connectivity index (χ0) is 13.0. The van der Waals surface area contributed by atoms with Gasteiger partial charge >= 0.3 is 0 Å². The van der Waals surface area contributed by atoms with Crippen molar-refractivity contribution in [3.05, 3.63) is 48.6 Å². The Kier molecular flexibility index (Phi) is 9.34. The summed E-state index contributed by atoms with van der Waals surface area (Å²) in [6.45, 7) is 1.45. The molecule has 0 spiro atoms.